The molecule has 1 aliphatic carbocycles. The van der Waals surface area contributed by atoms with Gasteiger partial charge in [-0.25, -0.2) is 9.78 Å². The van der Waals surface area contributed by atoms with Gasteiger partial charge in [0.2, 0.25) is 0 Å². The van der Waals surface area contributed by atoms with E-state index in [4.69, 9.17) is 9.47 Å². The maximum absolute atomic E-state index is 12.4. The fourth-order valence-corrected chi connectivity index (χ4v) is 5.07. The second-order valence-electron chi connectivity index (χ2n) is 7.33. The van der Waals surface area contributed by atoms with Crippen LogP contribution in [0.5, 0.6) is 0 Å². The summed E-state index contributed by atoms with van der Waals surface area (Å²) in [5.74, 6) is -1.50. The van der Waals surface area contributed by atoms with Crippen molar-refractivity contribution in [2.75, 3.05) is 19.0 Å². The molecule has 0 aliphatic heterocycles. The first-order chi connectivity index (χ1) is 15.1. The third kappa shape index (κ3) is 4.61. The van der Waals surface area contributed by atoms with Gasteiger partial charge in [-0.2, -0.15) is 0 Å². The van der Waals surface area contributed by atoms with E-state index in [0.29, 0.717) is 10.6 Å². The highest BCUT2D eigenvalue weighted by Crippen LogP contribution is 2.37. The van der Waals surface area contributed by atoms with E-state index in [-0.39, 0.29) is 6.54 Å². The summed E-state index contributed by atoms with van der Waals surface area (Å²) in [5, 5.41) is 3.19. The number of aromatic nitrogens is 2. The SMILES string of the molecule is COC(=O)c1c(NC(=O)COC(=O)Cn2cnc3ccccc32)sc2c1CCCCC2. The molecule has 0 unspecified atom stereocenters. The van der Waals surface area contributed by atoms with Crippen molar-refractivity contribution in [2.24, 2.45) is 0 Å². The van der Waals surface area contributed by atoms with Crippen molar-refractivity contribution >= 4 is 45.2 Å². The summed E-state index contributed by atoms with van der Waals surface area (Å²) >= 11 is 1.40. The van der Waals surface area contributed by atoms with E-state index in [1.807, 2.05) is 24.3 Å². The van der Waals surface area contributed by atoms with Crippen LogP contribution in [0.1, 0.15) is 40.1 Å². The van der Waals surface area contributed by atoms with Gasteiger partial charge in [-0.15, -0.1) is 11.3 Å². The lowest BCUT2D eigenvalue weighted by atomic mass is 10.1. The number of hydrogen-bond acceptors (Lipinski definition) is 7. The second-order valence-corrected chi connectivity index (χ2v) is 8.44. The van der Waals surface area contributed by atoms with Gasteiger partial charge in [-0.3, -0.25) is 9.59 Å². The van der Waals surface area contributed by atoms with Crippen molar-refractivity contribution in [3.63, 3.8) is 0 Å². The third-order valence-corrected chi connectivity index (χ3v) is 6.46. The summed E-state index contributed by atoms with van der Waals surface area (Å²) in [6, 6.07) is 7.44. The predicted molar refractivity (Wildman–Crippen MR) is 116 cm³/mol. The minimum absolute atomic E-state index is 0.0471. The lowest BCUT2D eigenvalue weighted by Crippen LogP contribution is -2.23. The van der Waals surface area contributed by atoms with Crippen molar-refractivity contribution in [1.82, 2.24) is 9.55 Å². The summed E-state index contributed by atoms with van der Waals surface area (Å²) in [5.41, 5.74) is 2.98. The van der Waals surface area contributed by atoms with E-state index >= 15 is 0 Å². The van der Waals surface area contributed by atoms with Crippen LogP contribution in [0.4, 0.5) is 5.00 Å². The summed E-state index contributed by atoms with van der Waals surface area (Å²) in [6.45, 7) is -0.483. The van der Waals surface area contributed by atoms with Gasteiger partial charge in [0.05, 0.1) is 30.0 Å². The van der Waals surface area contributed by atoms with E-state index in [1.165, 1.54) is 18.4 Å². The first-order valence-electron chi connectivity index (χ1n) is 10.1. The van der Waals surface area contributed by atoms with Crippen LogP contribution in [0, 0.1) is 0 Å². The van der Waals surface area contributed by atoms with Gasteiger partial charge >= 0.3 is 11.9 Å². The number of ether oxygens (including phenoxy) is 2. The number of thiophene rings is 1. The van der Waals surface area contributed by atoms with Crippen molar-refractivity contribution in [2.45, 2.75) is 38.6 Å². The number of esters is 2. The summed E-state index contributed by atoms with van der Waals surface area (Å²) in [7, 11) is 1.33. The maximum Gasteiger partial charge on any atom is 0.341 e. The lowest BCUT2D eigenvalue weighted by Gasteiger charge is -2.09. The lowest BCUT2D eigenvalue weighted by molar-refractivity contribution is -0.147. The molecule has 4 rings (SSSR count). The first-order valence-corrected chi connectivity index (χ1v) is 11.0. The second kappa shape index (κ2) is 9.30. The molecule has 162 valence electrons. The molecule has 0 saturated heterocycles. The molecular weight excluding hydrogens is 418 g/mol. The fraction of sp³-hybridized carbons (Fsp3) is 0.364. The number of benzene rings is 1. The molecule has 1 aliphatic rings. The van der Waals surface area contributed by atoms with Crippen LogP contribution in [0.3, 0.4) is 0 Å². The zero-order valence-electron chi connectivity index (χ0n) is 17.2. The monoisotopic (exact) mass is 441 g/mol. The number of aryl methyl sites for hydroxylation is 1. The average Bonchev–Trinajstić information content (AvgIpc) is 3.24. The number of nitrogens with zero attached hydrogens (tertiary/aromatic N) is 2. The molecule has 1 N–H and O–H groups in total. The van der Waals surface area contributed by atoms with Crippen LogP contribution in [0.2, 0.25) is 0 Å². The minimum atomic E-state index is -0.548. The molecule has 31 heavy (non-hydrogen) atoms. The normalized spacial score (nSPS) is 13.3. The van der Waals surface area contributed by atoms with Gasteiger partial charge in [0.15, 0.2) is 6.61 Å². The summed E-state index contributed by atoms with van der Waals surface area (Å²) in [4.78, 5) is 42.3. The first kappa shape index (κ1) is 21.0. The fourth-order valence-electron chi connectivity index (χ4n) is 3.78. The number of para-hydroxylation sites is 2. The van der Waals surface area contributed by atoms with Gasteiger partial charge in [0.1, 0.15) is 11.5 Å². The molecule has 2 aromatic heterocycles. The quantitative estimate of drug-likeness (QED) is 0.465. The van der Waals surface area contributed by atoms with Crippen LogP contribution in [-0.4, -0.2) is 41.1 Å². The Morgan fingerprint density at radius 2 is 1.97 bits per heavy atom. The Balaban J connectivity index is 1.39. The molecule has 0 bridgehead atoms. The molecule has 3 aromatic rings. The molecule has 0 saturated carbocycles. The topological polar surface area (TPSA) is 99.5 Å². The molecule has 8 nitrogen and oxygen atoms in total. The minimum Gasteiger partial charge on any atom is -0.465 e. The van der Waals surface area contributed by atoms with Gasteiger partial charge in [0.25, 0.3) is 5.91 Å². The zero-order chi connectivity index (χ0) is 21.8. The smallest absolute Gasteiger partial charge is 0.341 e. The largest absolute Gasteiger partial charge is 0.465 e. The highest BCUT2D eigenvalue weighted by molar-refractivity contribution is 7.17. The van der Waals surface area contributed by atoms with Crippen LogP contribution in [0.25, 0.3) is 11.0 Å². The molecule has 9 heteroatoms. The Kier molecular flexibility index (Phi) is 6.31. The zero-order valence-corrected chi connectivity index (χ0v) is 18.0. The standard InChI is InChI=1S/C22H23N3O5S/c1-29-22(28)20-14-7-3-2-4-10-17(14)31-21(20)24-18(26)12-30-19(27)11-25-13-23-15-8-5-6-9-16(15)25/h5-6,8-9,13H,2-4,7,10-12H2,1H3,(H,24,26). The van der Waals surface area contributed by atoms with Crippen LogP contribution < -0.4 is 5.32 Å². The number of anilines is 1. The highest BCUT2D eigenvalue weighted by Gasteiger charge is 2.26. The molecule has 2 heterocycles. The Morgan fingerprint density at radius 1 is 1.16 bits per heavy atom. The number of fused-ring (bicyclic) bond motifs is 2. The average molecular weight is 442 g/mol. The molecule has 0 fully saturated rings. The van der Waals surface area contributed by atoms with Gasteiger partial charge in [0, 0.05) is 4.88 Å². The van der Waals surface area contributed by atoms with E-state index in [9.17, 15) is 14.4 Å². The van der Waals surface area contributed by atoms with Crippen LogP contribution >= 0.6 is 11.3 Å². The van der Waals surface area contributed by atoms with Crippen LogP contribution in [0.15, 0.2) is 30.6 Å². The summed E-state index contributed by atoms with van der Waals surface area (Å²) < 4.78 is 11.7. The van der Waals surface area contributed by atoms with Crippen molar-refractivity contribution in [3.8, 4) is 0 Å². The predicted octanol–water partition coefficient (Wildman–Crippen LogP) is 3.34. The molecule has 0 radical (unpaired) electrons. The van der Waals surface area contributed by atoms with Gasteiger partial charge in [-0.05, 0) is 43.4 Å². The van der Waals surface area contributed by atoms with Crippen LogP contribution in [-0.2, 0) is 38.4 Å². The van der Waals surface area contributed by atoms with E-state index in [1.54, 1.807) is 10.9 Å². The maximum atomic E-state index is 12.4. The number of amides is 1. The number of methoxy groups -OCH3 is 1. The Hall–Kier alpha value is -3.20. The molecule has 1 aromatic carbocycles. The van der Waals surface area contributed by atoms with E-state index < -0.39 is 24.5 Å². The third-order valence-electron chi connectivity index (χ3n) is 5.25. The number of rotatable bonds is 6. The number of carbonyl (C=O) groups is 3. The van der Waals surface area contributed by atoms with Gasteiger partial charge < -0.3 is 19.4 Å². The molecular formula is C22H23N3O5S. The molecule has 0 atom stereocenters. The number of nitrogens with one attached hydrogen (secondary N) is 1. The Labute approximate surface area is 183 Å². The van der Waals surface area contributed by atoms with Gasteiger partial charge in [-0.1, -0.05) is 18.6 Å². The summed E-state index contributed by atoms with van der Waals surface area (Å²) in [6.07, 6.45) is 6.41. The number of imidazole rings is 1. The van der Waals surface area contributed by atoms with E-state index in [2.05, 4.69) is 10.3 Å². The highest BCUT2D eigenvalue weighted by atomic mass is 32.1. The van der Waals surface area contributed by atoms with Crippen molar-refractivity contribution in [1.29, 1.82) is 0 Å². The number of carbonyl (C=O) groups excluding carboxylic acids is 3. The molecule has 0 spiro atoms. The number of hydrogen-bond donors (Lipinski definition) is 1. The van der Waals surface area contributed by atoms with E-state index in [0.717, 1.165) is 53.6 Å². The van der Waals surface area contributed by atoms with Crippen molar-refractivity contribution < 1.29 is 23.9 Å². The Bertz CT molecular complexity index is 1130. The Morgan fingerprint density at radius 3 is 2.81 bits per heavy atom. The molecule has 1 amide bonds. The van der Waals surface area contributed by atoms with Crippen molar-refractivity contribution in [3.05, 3.63) is 46.6 Å².